The molecule has 1 saturated heterocycles. The molecular weight excluding hydrogens is 226 g/mol. The fourth-order valence-electron chi connectivity index (χ4n) is 2.43. The highest BCUT2D eigenvalue weighted by atomic mass is 16.1. The van der Waals surface area contributed by atoms with Gasteiger partial charge in [-0.2, -0.15) is 0 Å². The summed E-state index contributed by atoms with van der Waals surface area (Å²) >= 11 is 0. The van der Waals surface area contributed by atoms with E-state index in [0.717, 1.165) is 6.54 Å². The van der Waals surface area contributed by atoms with Crippen LogP contribution in [0.5, 0.6) is 0 Å². The topological polar surface area (TPSA) is 44.4 Å². The molecule has 0 spiro atoms. The molecule has 18 heavy (non-hydrogen) atoms. The Morgan fingerprint density at radius 3 is 2.61 bits per heavy atom. The van der Waals surface area contributed by atoms with Crippen molar-refractivity contribution in [1.82, 2.24) is 15.5 Å². The van der Waals surface area contributed by atoms with E-state index in [2.05, 4.69) is 36.0 Å². The highest BCUT2D eigenvalue weighted by Crippen LogP contribution is 2.16. The van der Waals surface area contributed by atoms with Crippen LogP contribution in [0.2, 0.25) is 0 Å². The maximum Gasteiger partial charge on any atom is 0.234 e. The lowest BCUT2D eigenvalue weighted by Gasteiger charge is -2.31. The van der Waals surface area contributed by atoms with Gasteiger partial charge in [-0.05, 0) is 31.8 Å². The van der Waals surface area contributed by atoms with Crippen LogP contribution in [-0.2, 0) is 4.79 Å². The molecule has 2 N–H and O–H groups in total. The van der Waals surface area contributed by atoms with E-state index in [9.17, 15) is 4.79 Å². The van der Waals surface area contributed by atoms with E-state index in [1.165, 1.54) is 25.9 Å². The summed E-state index contributed by atoms with van der Waals surface area (Å²) in [5.41, 5.74) is 0. The minimum Gasteiger partial charge on any atom is -0.353 e. The first-order valence-corrected chi connectivity index (χ1v) is 6.97. The molecule has 0 aromatic carbocycles. The van der Waals surface area contributed by atoms with Crippen LogP contribution in [0.4, 0.5) is 0 Å². The van der Waals surface area contributed by atoms with Gasteiger partial charge in [0.15, 0.2) is 0 Å². The summed E-state index contributed by atoms with van der Waals surface area (Å²) in [5, 5.41) is 6.04. The summed E-state index contributed by atoms with van der Waals surface area (Å²) in [5.74, 6) is 0.645. The molecule has 4 nitrogen and oxygen atoms in total. The third-order valence-electron chi connectivity index (χ3n) is 3.46. The minimum atomic E-state index is 0.0710. The van der Waals surface area contributed by atoms with Gasteiger partial charge >= 0.3 is 0 Å². The largest absolute Gasteiger partial charge is 0.353 e. The maximum atomic E-state index is 11.6. The van der Waals surface area contributed by atoms with Crippen molar-refractivity contribution in [3.05, 3.63) is 12.7 Å². The van der Waals surface area contributed by atoms with Gasteiger partial charge < -0.3 is 10.6 Å². The van der Waals surface area contributed by atoms with E-state index in [4.69, 9.17) is 0 Å². The van der Waals surface area contributed by atoms with Crippen LogP contribution in [0, 0.1) is 5.92 Å². The fourth-order valence-corrected chi connectivity index (χ4v) is 2.43. The number of likely N-dealkylation sites (tertiary alicyclic amines) is 1. The monoisotopic (exact) mass is 253 g/mol. The van der Waals surface area contributed by atoms with Gasteiger partial charge in [-0.3, -0.25) is 9.69 Å². The first-order valence-electron chi connectivity index (χ1n) is 6.97. The Morgan fingerprint density at radius 2 is 2.06 bits per heavy atom. The zero-order valence-electron chi connectivity index (χ0n) is 11.7. The Bertz CT molecular complexity index is 260. The van der Waals surface area contributed by atoms with Crippen molar-refractivity contribution in [2.24, 2.45) is 5.92 Å². The quantitative estimate of drug-likeness (QED) is 0.501. The number of nitrogens with one attached hydrogen (secondary N) is 2. The Kier molecular flexibility index (Phi) is 6.98. The summed E-state index contributed by atoms with van der Waals surface area (Å²) in [6.45, 7) is 12.2. The van der Waals surface area contributed by atoms with Crippen molar-refractivity contribution in [2.75, 3.05) is 32.7 Å². The molecule has 0 bridgehead atoms. The van der Waals surface area contributed by atoms with E-state index in [-0.39, 0.29) is 5.91 Å². The number of hydrogen-bond acceptors (Lipinski definition) is 3. The predicted octanol–water partition coefficient (Wildman–Crippen LogP) is 0.999. The first-order chi connectivity index (χ1) is 8.65. The van der Waals surface area contributed by atoms with Crippen LogP contribution in [0.1, 0.15) is 26.7 Å². The molecule has 1 aliphatic heterocycles. The first kappa shape index (κ1) is 15.2. The third kappa shape index (κ3) is 5.19. The van der Waals surface area contributed by atoms with Gasteiger partial charge in [0, 0.05) is 19.1 Å². The van der Waals surface area contributed by atoms with Crippen LogP contribution >= 0.6 is 0 Å². The van der Waals surface area contributed by atoms with Gasteiger partial charge in [0.25, 0.3) is 0 Å². The average molecular weight is 253 g/mol. The van der Waals surface area contributed by atoms with Gasteiger partial charge in [0.05, 0.1) is 6.54 Å². The number of carbonyl (C=O) groups is 1. The number of amides is 1. The molecule has 0 saturated carbocycles. The summed E-state index contributed by atoms with van der Waals surface area (Å²) < 4.78 is 0. The number of rotatable bonds is 8. The molecule has 0 aromatic heterocycles. The molecule has 1 heterocycles. The Labute approximate surface area is 111 Å². The van der Waals surface area contributed by atoms with Crippen molar-refractivity contribution in [2.45, 2.75) is 32.7 Å². The molecule has 1 rings (SSSR count). The van der Waals surface area contributed by atoms with Gasteiger partial charge in [-0.1, -0.05) is 19.9 Å². The summed E-state index contributed by atoms with van der Waals surface area (Å²) in [6.07, 6.45) is 4.34. The lowest BCUT2D eigenvalue weighted by molar-refractivity contribution is -0.120. The summed E-state index contributed by atoms with van der Waals surface area (Å²) in [6, 6.07) is 0.468. The number of carbonyl (C=O) groups excluding carboxylic acids is 1. The van der Waals surface area contributed by atoms with Crippen molar-refractivity contribution in [1.29, 1.82) is 0 Å². The molecule has 0 aromatic rings. The van der Waals surface area contributed by atoms with E-state index >= 15 is 0 Å². The number of nitrogens with zero attached hydrogens (tertiary/aromatic N) is 1. The van der Waals surface area contributed by atoms with Crippen molar-refractivity contribution in [3.63, 3.8) is 0 Å². The Hall–Kier alpha value is -0.870. The molecule has 1 unspecified atom stereocenters. The van der Waals surface area contributed by atoms with Crippen LogP contribution in [-0.4, -0.2) is 49.6 Å². The molecule has 0 aliphatic carbocycles. The van der Waals surface area contributed by atoms with Gasteiger partial charge in [0.2, 0.25) is 5.91 Å². The number of hydrogen-bond donors (Lipinski definition) is 2. The molecule has 1 amide bonds. The highest BCUT2D eigenvalue weighted by molar-refractivity contribution is 5.78. The SMILES string of the molecule is C=CCNCC(=O)NCC(C(C)C)N1CCCC1. The lowest BCUT2D eigenvalue weighted by atomic mass is 10.0. The van der Waals surface area contributed by atoms with Crippen LogP contribution < -0.4 is 10.6 Å². The van der Waals surface area contributed by atoms with Gasteiger partial charge in [0.1, 0.15) is 0 Å². The Balaban J connectivity index is 2.28. The van der Waals surface area contributed by atoms with Crippen molar-refractivity contribution in [3.8, 4) is 0 Å². The summed E-state index contributed by atoms with van der Waals surface area (Å²) in [4.78, 5) is 14.1. The normalized spacial score (nSPS) is 17.9. The smallest absolute Gasteiger partial charge is 0.234 e. The molecule has 104 valence electrons. The minimum absolute atomic E-state index is 0.0710. The Morgan fingerprint density at radius 1 is 1.39 bits per heavy atom. The molecule has 1 atom stereocenters. The molecule has 4 heteroatoms. The fraction of sp³-hybridized carbons (Fsp3) is 0.786. The van der Waals surface area contributed by atoms with E-state index < -0.39 is 0 Å². The second-order valence-corrected chi connectivity index (χ2v) is 5.28. The second kappa shape index (κ2) is 8.27. The van der Waals surface area contributed by atoms with E-state index in [0.29, 0.717) is 25.0 Å². The standard InChI is InChI=1S/C14H27N3O/c1-4-7-15-11-14(18)16-10-13(12(2)3)17-8-5-6-9-17/h4,12-13,15H,1,5-11H2,2-3H3,(H,16,18). The maximum absolute atomic E-state index is 11.6. The highest BCUT2D eigenvalue weighted by Gasteiger charge is 2.24. The van der Waals surface area contributed by atoms with Crippen molar-refractivity contribution >= 4 is 5.91 Å². The predicted molar refractivity (Wildman–Crippen MR) is 75.5 cm³/mol. The average Bonchev–Trinajstić information content (AvgIpc) is 2.83. The van der Waals surface area contributed by atoms with Gasteiger partial charge in [-0.25, -0.2) is 0 Å². The van der Waals surface area contributed by atoms with Crippen molar-refractivity contribution < 1.29 is 4.79 Å². The van der Waals surface area contributed by atoms with Gasteiger partial charge in [-0.15, -0.1) is 6.58 Å². The molecule has 1 fully saturated rings. The zero-order chi connectivity index (χ0) is 13.4. The summed E-state index contributed by atoms with van der Waals surface area (Å²) in [7, 11) is 0. The molecular formula is C14H27N3O. The van der Waals surface area contributed by atoms with Crippen LogP contribution in [0.15, 0.2) is 12.7 Å². The van der Waals surface area contributed by atoms with E-state index in [1.807, 2.05) is 0 Å². The second-order valence-electron chi connectivity index (χ2n) is 5.28. The third-order valence-corrected chi connectivity index (χ3v) is 3.46. The zero-order valence-corrected chi connectivity index (χ0v) is 11.7. The van der Waals surface area contributed by atoms with E-state index in [1.54, 1.807) is 6.08 Å². The van der Waals surface area contributed by atoms with Crippen LogP contribution in [0.25, 0.3) is 0 Å². The molecule has 0 radical (unpaired) electrons. The van der Waals surface area contributed by atoms with Crippen LogP contribution in [0.3, 0.4) is 0 Å². The lowest BCUT2D eigenvalue weighted by Crippen LogP contribution is -2.47. The molecule has 1 aliphatic rings.